The number of rotatable bonds is 9. The number of hydrogen-bond acceptors (Lipinski definition) is 2. The van der Waals surface area contributed by atoms with Gasteiger partial charge in [-0.05, 0) is 56.4 Å². The molecule has 0 heterocycles. The average molecular weight is 383 g/mol. The molecule has 3 N–H and O–H groups in total. The Labute approximate surface area is 168 Å². The Morgan fingerprint density at radius 1 is 0.964 bits per heavy atom. The number of benzene rings is 2. The van der Waals surface area contributed by atoms with E-state index in [4.69, 9.17) is 0 Å². The van der Waals surface area contributed by atoms with Gasteiger partial charge in [0.15, 0.2) is 13.1 Å². The largest absolute Gasteiger partial charge is 0.349 e. The van der Waals surface area contributed by atoms with E-state index in [9.17, 15) is 9.59 Å². The van der Waals surface area contributed by atoms with Gasteiger partial charge >= 0.3 is 0 Å². The zero-order valence-corrected chi connectivity index (χ0v) is 17.3. The third-order valence-electron chi connectivity index (χ3n) is 4.92. The molecule has 2 aromatic rings. The fourth-order valence-corrected chi connectivity index (χ4v) is 3.12. The molecule has 0 aliphatic carbocycles. The first-order valence-electron chi connectivity index (χ1n) is 9.85. The highest BCUT2D eigenvalue weighted by Crippen LogP contribution is 2.17. The maximum absolute atomic E-state index is 12.3. The molecule has 2 aromatic carbocycles. The highest BCUT2D eigenvalue weighted by molar-refractivity contribution is 5.92. The molecule has 0 bridgehead atoms. The third kappa shape index (κ3) is 7.16. The average Bonchev–Trinajstić information content (AvgIpc) is 2.64. The van der Waals surface area contributed by atoms with Gasteiger partial charge in [-0.3, -0.25) is 9.59 Å². The maximum Gasteiger partial charge on any atom is 0.279 e. The van der Waals surface area contributed by atoms with Gasteiger partial charge < -0.3 is 15.5 Å². The minimum atomic E-state index is -0.0869. The van der Waals surface area contributed by atoms with Gasteiger partial charge in [-0.1, -0.05) is 42.5 Å². The molecule has 0 spiro atoms. The van der Waals surface area contributed by atoms with Gasteiger partial charge in [-0.2, -0.15) is 0 Å². The van der Waals surface area contributed by atoms with Crippen molar-refractivity contribution in [2.45, 2.75) is 39.7 Å². The molecule has 2 atom stereocenters. The minimum Gasteiger partial charge on any atom is -0.349 e. The van der Waals surface area contributed by atoms with Gasteiger partial charge in [-0.25, -0.2) is 0 Å². The summed E-state index contributed by atoms with van der Waals surface area (Å²) >= 11 is 0. The van der Waals surface area contributed by atoms with Crippen LogP contribution in [0.5, 0.6) is 0 Å². The van der Waals surface area contributed by atoms with Gasteiger partial charge in [0, 0.05) is 11.7 Å². The van der Waals surface area contributed by atoms with E-state index in [0.29, 0.717) is 0 Å². The Kier molecular flexibility index (Phi) is 8.20. The Balaban J connectivity index is 1.72. The summed E-state index contributed by atoms with van der Waals surface area (Å²) in [7, 11) is 1.86. The lowest BCUT2D eigenvalue weighted by Gasteiger charge is -2.17. The van der Waals surface area contributed by atoms with Gasteiger partial charge in [0.2, 0.25) is 0 Å². The molecule has 0 saturated heterocycles. The van der Waals surface area contributed by atoms with Crippen molar-refractivity contribution >= 4 is 17.5 Å². The number of nitrogens with one attached hydrogen (secondary N) is 3. The van der Waals surface area contributed by atoms with Crippen LogP contribution in [0, 0.1) is 13.8 Å². The molecular formula is C23H32N3O2+. The van der Waals surface area contributed by atoms with Crippen LogP contribution in [0.1, 0.15) is 30.0 Å². The fraction of sp³-hybridized carbons (Fsp3) is 0.391. The van der Waals surface area contributed by atoms with E-state index in [2.05, 4.69) is 22.8 Å². The van der Waals surface area contributed by atoms with Crippen molar-refractivity contribution in [3.05, 3.63) is 65.2 Å². The molecule has 0 aromatic heterocycles. The van der Waals surface area contributed by atoms with E-state index >= 15 is 0 Å². The highest BCUT2D eigenvalue weighted by atomic mass is 16.2. The molecule has 2 rings (SSSR count). The number of amides is 2. The monoisotopic (exact) mass is 382 g/mol. The molecule has 0 radical (unpaired) electrons. The molecule has 150 valence electrons. The summed E-state index contributed by atoms with van der Waals surface area (Å²) < 4.78 is 0. The molecule has 0 fully saturated rings. The highest BCUT2D eigenvalue weighted by Gasteiger charge is 2.16. The lowest BCUT2D eigenvalue weighted by molar-refractivity contribution is -0.862. The minimum absolute atomic E-state index is 0.0300. The van der Waals surface area contributed by atoms with Crippen molar-refractivity contribution in [2.24, 2.45) is 0 Å². The summed E-state index contributed by atoms with van der Waals surface area (Å²) in [5.41, 5.74) is 4.31. The molecule has 0 aliphatic rings. The van der Waals surface area contributed by atoms with Crippen LogP contribution in [0.4, 0.5) is 5.69 Å². The zero-order valence-electron chi connectivity index (χ0n) is 17.3. The van der Waals surface area contributed by atoms with Crippen LogP contribution in [0.3, 0.4) is 0 Å². The second-order valence-corrected chi connectivity index (χ2v) is 7.60. The van der Waals surface area contributed by atoms with Gasteiger partial charge in [-0.15, -0.1) is 0 Å². The van der Waals surface area contributed by atoms with Crippen molar-refractivity contribution in [3.63, 3.8) is 0 Å². The van der Waals surface area contributed by atoms with Crippen LogP contribution in [-0.4, -0.2) is 38.0 Å². The molecule has 2 amide bonds. The normalized spacial score (nSPS) is 12.9. The second-order valence-electron chi connectivity index (χ2n) is 7.60. The fourth-order valence-electron chi connectivity index (χ4n) is 3.12. The van der Waals surface area contributed by atoms with Gasteiger partial charge in [0.1, 0.15) is 0 Å². The quantitative estimate of drug-likeness (QED) is 0.620. The molecule has 5 nitrogen and oxygen atoms in total. The van der Waals surface area contributed by atoms with Crippen LogP contribution in [-0.2, 0) is 16.0 Å². The standard InChI is InChI=1S/C23H31N3O2/c1-17-9-8-12-21(19(17)3)25-23(28)16-26(4)15-22(27)24-18(2)13-14-20-10-6-5-7-11-20/h5-12,18H,13-16H2,1-4H3,(H,24,27)(H,25,28)/p+1/t18-/m1/s1. The van der Waals surface area contributed by atoms with Crippen molar-refractivity contribution in [2.75, 3.05) is 25.5 Å². The molecule has 28 heavy (non-hydrogen) atoms. The summed E-state index contributed by atoms with van der Waals surface area (Å²) in [4.78, 5) is 25.4. The third-order valence-corrected chi connectivity index (χ3v) is 4.92. The topological polar surface area (TPSA) is 62.6 Å². The number of carbonyl (C=O) groups excluding carboxylic acids is 2. The molecule has 0 aliphatic heterocycles. The summed E-state index contributed by atoms with van der Waals surface area (Å²) in [6, 6.07) is 16.2. The van der Waals surface area contributed by atoms with E-state index in [0.717, 1.165) is 34.6 Å². The Morgan fingerprint density at radius 2 is 1.64 bits per heavy atom. The molecule has 0 saturated carbocycles. The molecule has 1 unspecified atom stereocenters. The Hall–Kier alpha value is -2.66. The summed E-state index contributed by atoms with van der Waals surface area (Å²) in [5.74, 6) is -0.117. The number of hydrogen-bond donors (Lipinski definition) is 3. The van der Waals surface area contributed by atoms with Crippen LogP contribution < -0.4 is 15.5 Å². The zero-order chi connectivity index (χ0) is 20.5. The first-order valence-corrected chi connectivity index (χ1v) is 9.85. The summed E-state index contributed by atoms with van der Waals surface area (Å²) in [6.07, 6.45) is 1.82. The second kappa shape index (κ2) is 10.6. The van der Waals surface area contributed by atoms with Crippen molar-refractivity contribution in [1.29, 1.82) is 0 Å². The SMILES string of the molecule is Cc1cccc(NC(=O)C[NH+](C)CC(=O)N[C@H](C)CCc2ccccc2)c1C. The smallest absolute Gasteiger partial charge is 0.279 e. The first kappa shape index (κ1) is 21.6. The summed E-state index contributed by atoms with van der Waals surface area (Å²) in [6.45, 7) is 6.55. The summed E-state index contributed by atoms with van der Waals surface area (Å²) in [5, 5.41) is 5.97. The predicted molar refractivity (Wildman–Crippen MR) is 114 cm³/mol. The number of quaternary nitrogens is 1. The van der Waals surface area contributed by atoms with E-state index in [1.54, 1.807) is 0 Å². The number of likely N-dealkylation sites (N-methyl/N-ethyl adjacent to an activating group) is 1. The predicted octanol–water partition coefficient (Wildman–Crippen LogP) is 1.89. The number of carbonyl (C=O) groups is 2. The Morgan fingerprint density at radius 3 is 2.36 bits per heavy atom. The first-order chi connectivity index (χ1) is 13.3. The lowest BCUT2D eigenvalue weighted by Crippen LogP contribution is -3.11. The van der Waals surface area contributed by atoms with Crippen LogP contribution in [0.15, 0.2) is 48.5 Å². The molecule has 5 heteroatoms. The Bertz CT molecular complexity index is 790. The van der Waals surface area contributed by atoms with Crippen LogP contribution in [0.2, 0.25) is 0 Å². The van der Waals surface area contributed by atoms with E-state index in [1.807, 2.05) is 64.2 Å². The van der Waals surface area contributed by atoms with Crippen molar-refractivity contribution < 1.29 is 14.5 Å². The van der Waals surface area contributed by atoms with Crippen molar-refractivity contribution in [1.82, 2.24) is 5.32 Å². The number of aryl methyl sites for hydroxylation is 2. The van der Waals surface area contributed by atoms with Crippen molar-refractivity contribution in [3.8, 4) is 0 Å². The lowest BCUT2D eigenvalue weighted by atomic mass is 10.1. The van der Waals surface area contributed by atoms with Crippen LogP contribution >= 0.6 is 0 Å². The van der Waals surface area contributed by atoms with E-state index in [1.165, 1.54) is 5.56 Å². The molecular weight excluding hydrogens is 350 g/mol. The van der Waals surface area contributed by atoms with Gasteiger partial charge in [0.25, 0.3) is 11.8 Å². The van der Waals surface area contributed by atoms with Crippen LogP contribution in [0.25, 0.3) is 0 Å². The van der Waals surface area contributed by atoms with E-state index < -0.39 is 0 Å². The number of anilines is 1. The van der Waals surface area contributed by atoms with E-state index in [-0.39, 0.29) is 30.9 Å². The maximum atomic E-state index is 12.3. The van der Waals surface area contributed by atoms with Gasteiger partial charge in [0.05, 0.1) is 7.05 Å².